The number of H-pyrrole nitrogens is 1. The first-order valence-corrected chi connectivity index (χ1v) is 9.59. The van der Waals surface area contributed by atoms with Gasteiger partial charge in [-0.3, -0.25) is 9.69 Å². The summed E-state index contributed by atoms with van der Waals surface area (Å²) < 4.78 is 0. The maximum absolute atomic E-state index is 12.8. The van der Waals surface area contributed by atoms with Crippen LogP contribution in [0.5, 0.6) is 0 Å². The second-order valence-corrected chi connectivity index (χ2v) is 8.44. The normalized spacial score (nSPS) is 17.4. The van der Waals surface area contributed by atoms with Crippen molar-refractivity contribution >= 4 is 22.8 Å². The van der Waals surface area contributed by atoms with Crippen molar-refractivity contribution in [3.8, 4) is 0 Å². The largest absolute Gasteiger partial charge is 0.361 e. The lowest BCUT2D eigenvalue weighted by atomic mass is 9.87. The van der Waals surface area contributed by atoms with Gasteiger partial charge in [-0.15, -0.1) is 0 Å². The first-order valence-electron chi connectivity index (χ1n) is 9.59. The molecule has 0 radical (unpaired) electrons. The zero-order valence-electron chi connectivity index (χ0n) is 16.5. The standard InChI is InChI=1S/C23H25N3O2/c1-23(2,3)17-10-8-15(9-11-17)14-26-21(27)20(25-22(26)28)12-16-13-24-19-7-5-4-6-18(16)19/h4-11,13,20,24H,12,14H2,1-3H3,(H,25,28)/t20-/m0/s1. The fourth-order valence-corrected chi connectivity index (χ4v) is 3.68. The monoisotopic (exact) mass is 375 g/mol. The van der Waals surface area contributed by atoms with Crippen LogP contribution in [0, 0.1) is 0 Å². The Kier molecular flexibility index (Phi) is 4.46. The van der Waals surface area contributed by atoms with Gasteiger partial charge in [0.1, 0.15) is 6.04 Å². The van der Waals surface area contributed by atoms with Gasteiger partial charge in [-0.2, -0.15) is 0 Å². The molecule has 0 saturated carbocycles. The first kappa shape index (κ1) is 18.3. The minimum Gasteiger partial charge on any atom is -0.361 e. The number of carbonyl (C=O) groups excluding carboxylic acids is 2. The number of benzene rings is 2. The molecular weight excluding hydrogens is 350 g/mol. The lowest BCUT2D eigenvalue weighted by molar-refractivity contribution is -0.127. The molecule has 1 fully saturated rings. The van der Waals surface area contributed by atoms with Crippen LogP contribution >= 0.6 is 0 Å². The van der Waals surface area contributed by atoms with Gasteiger partial charge in [-0.1, -0.05) is 63.2 Å². The molecule has 2 aromatic carbocycles. The summed E-state index contributed by atoms with van der Waals surface area (Å²) in [4.78, 5) is 29.8. The molecule has 2 N–H and O–H groups in total. The Morgan fingerprint density at radius 1 is 1.00 bits per heavy atom. The zero-order valence-corrected chi connectivity index (χ0v) is 16.5. The number of rotatable bonds is 4. The minimum atomic E-state index is -0.527. The van der Waals surface area contributed by atoms with Gasteiger partial charge >= 0.3 is 6.03 Å². The van der Waals surface area contributed by atoms with E-state index in [9.17, 15) is 9.59 Å². The first-order chi connectivity index (χ1) is 13.3. The molecule has 28 heavy (non-hydrogen) atoms. The molecule has 0 aliphatic carbocycles. The van der Waals surface area contributed by atoms with Crippen molar-refractivity contribution in [1.82, 2.24) is 15.2 Å². The van der Waals surface area contributed by atoms with E-state index in [1.165, 1.54) is 10.5 Å². The van der Waals surface area contributed by atoms with E-state index in [1.807, 2.05) is 42.6 Å². The minimum absolute atomic E-state index is 0.0732. The van der Waals surface area contributed by atoms with Crippen LogP contribution < -0.4 is 5.32 Å². The molecule has 5 heteroatoms. The molecule has 1 saturated heterocycles. The lowest BCUT2D eigenvalue weighted by Gasteiger charge is -2.20. The van der Waals surface area contributed by atoms with Crippen molar-refractivity contribution < 1.29 is 9.59 Å². The van der Waals surface area contributed by atoms with Crippen molar-refractivity contribution in [2.24, 2.45) is 0 Å². The summed E-state index contributed by atoms with van der Waals surface area (Å²) in [5.41, 5.74) is 4.31. The summed E-state index contributed by atoms with van der Waals surface area (Å²) in [7, 11) is 0. The Hall–Kier alpha value is -3.08. The topological polar surface area (TPSA) is 65.2 Å². The van der Waals surface area contributed by atoms with Gasteiger partial charge in [0.05, 0.1) is 6.54 Å². The maximum atomic E-state index is 12.8. The summed E-state index contributed by atoms with van der Waals surface area (Å²) in [6.07, 6.45) is 2.39. The Bertz CT molecular complexity index is 1030. The van der Waals surface area contributed by atoms with E-state index in [2.05, 4.69) is 43.2 Å². The van der Waals surface area contributed by atoms with E-state index in [1.54, 1.807) is 0 Å². The molecule has 144 valence electrons. The van der Waals surface area contributed by atoms with Crippen LogP contribution in [0.2, 0.25) is 0 Å². The summed E-state index contributed by atoms with van der Waals surface area (Å²) in [5, 5.41) is 3.92. The highest BCUT2D eigenvalue weighted by molar-refractivity contribution is 6.04. The number of urea groups is 1. The van der Waals surface area contributed by atoms with Crippen molar-refractivity contribution in [2.45, 2.75) is 45.2 Å². The summed E-state index contributed by atoms with van der Waals surface area (Å²) in [6.45, 7) is 6.78. The van der Waals surface area contributed by atoms with Crippen LogP contribution in [-0.2, 0) is 23.2 Å². The number of fused-ring (bicyclic) bond motifs is 1. The molecule has 5 nitrogen and oxygen atoms in total. The maximum Gasteiger partial charge on any atom is 0.325 e. The molecule has 0 spiro atoms. The lowest BCUT2D eigenvalue weighted by Crippen LogP contribution is -2.32. The average molecular weight is 375 g/mol. The molecule has 1 aliphatic heterocycles. The molecule has 3 amide bonds. The molecule has 4 rings (SSSR count). The number of nitrogens with zero attached hydrogens (tertiary/aromatic N) is 1. The van der Waals surface area contributed by atoms with Gasteiger partial charge in [-0.25, -0.2) is 4.79 Å². The van der Waals surface area contributed by atoms with Crippen molar-refractivity contribution in [3.63, 3.8) is 0 Å². The summed E-state index contributed by atoms with van der Waals surface area (Å²) in [6, 6.07) is 15.2. The van der Waals surface area contributed by atoms with E-state index < -0.39 is 6.04 Å². The van der Waals surface area contributed by atoms with Crippen molar-refractivity contribution in [2.75, 3.05) is 0 Å². The van der Waals surface area contributed by atoms with E-state index >= 15 is 0 Å². The van der Waals surface area contributed by atoms with Gasteiger partial charge in [0.25, 0.3) is 5.91 Å². The Morgan fingerprint density at radius 2 is 1.71 bits per heavy atom. The fraction of sp³-hybridized carbons (Fsp3) is 0.304. The van der Waals surface area contributed by atoms with Crippen LogP contribution in [0.3, 0.4) is 0 Å². The highest BCUT2D eigenvalue weighted by atomic mass is 16.2. The number of imide groups is 1. The fourth-order valence-electron chi connectivity index (χ4n) is 3.68. The molecule has 0 bridgehead atoms. The van der Waals surface area contributed by atoms with Crippen molar-refractivity contribution in [1.29, 1.82) is 0 Å². The van der Waals surface area contributed by atoms with Gasteiger partial charge in [0.15, 0.2) is 0 Å². The van der Waals surface area contributed by atoms with Crippen molar-refractivity contribution in [3.05, 3.63) is 71.4 Å². The smallest absolute Gasteiger partial charge is 0.325 e. The molecule has 0 unspecified atom stereocenters. The number of hydrogen-bond acceptors (Lipinski definition) is 2. The Morgan fingerprint density at radius 3 is 2.43 bits per heavy atom. The third-order valence-corrected chi connectivity index (χ3v) is 5.37. The second-order valence-electron chi connectivity index (χ2n) is 8.44. The van der Waals surface area contributed by atoms with Gasteiger partial charge < -0.3 is 10.3 Å². The van der Waals surface area contributed by atoms with Gasteiger partial charge in [0.2, 0.25) is 0 Å². The zero-order chi connectivity index (χ0) is 19.9. The SMILES string of the molecule is CC(C)(C)c1ccc(CN2C(=O)N[C@@H](Cc3c[nH]c4ccccc34)C2=O)cc1. The number of amides is 3. The van der Waals surface area contributed by atoms with Gasteiger partial charge in [-0.05, 0) is 28.2 Å². The average Bonchev–Trinajstić information content (AvgIpc) is 3.18. The molecular formula is C23H25N3O2. The predicted octanol–water partition coefficient (Wildman–Crippen LogP) is 4.13. The van der Waals surface area contributed by atoms with Crippen LogP contribution in [0.1, 0.15) is 37.5 Å². The highest BCUT2D eigenvalue weighted by Crippen LogP contribution is 2.24. The van der Waals surface area contributed by atoms with Crippen LogP contribution in [0.4, 0.5) is 4.79 Å². The van der Waals surface area contributed by atoms with Crippen LogP contribution in [-0.4, -0.2) is 27.9 Å². The number of hydrogen-bond donors (Lipinski definition) is 2. The van der Waals surface area contributed by atoms with E-state index in [-0.39, 0.29) is 17.4 Å². The quantitative estimate of drug-likeness (QED) is 0.674. The second kappa shape index (κ2) is 6.82. The summed E-state index contributed by atoms with van der Waals surface area (Å²) in [5.74, 6) is -0.171. The number of aromatic amines is 1. The highest BCUT2D eigenvalue weighted by Gasteiger charge is 2.38. The van der Waals surface area contributed by atoms with E-state index in [4.69, 9.17) is 0 Å². The van der Waals surface area contributed by atoms with E-state index in [0.717, 1.165) is 22.0 Å². The van der Waals surface area contributed by atoms with Gasteiger partial charge in [0, 0.05) is 23.5 Å². The van der Waals surface area contributed by atoms with Crippen LogP contribution in [0.25, 0.3) is 10.9 Å². The van der Waals surface area contributed by atoms with E-state index in [0.29, 0.717) is 13.0 Å². The third kappa shape index (κ3) is 3.40. The Labute approximate surface area is 164 Å². The summed E-state index contributed by atoms with van der Waals surface area (Å²) >= 11 is 0. The number of para-hydroxylation sites is 1. The molecule has 3 aromatic rings. The molecule has 1 atom stereocenters. The van der Waals surface area contributed by atoms with Crippen LogP contribution in [0.15, 0.2) is 54.7 Å². The number of aromatic nitrogens is 1. The molecule has 1 aromatic heterocycles. The number of carbonyl (C=O) groups is 2. The Balaban J connectivity index is 1.48. The third-order valence-electron chi connectivity index (χ3n) is 5.37. The molecule has 1 aliphatic rings. The molecule has 2 heterocycles. The predicted molar refractivity (Wildman–Crippen MR) is 110 cm³/mol. The number of nitrogens with one attached hydrogen (secondary N) is 2.